The zero-order valence-electron chi connectivity index (χ0n) is 19.0. The summed E-state index contributed by atoms with van der Waals surface area (Å²) in [6, 6.07) is 16.8. The van der Waals surface area contributed by atoms with E-state index in [9.17, 15) is 18.7 Å². The molecule has 0 atom stereocenters. The molecule has 0 saturated heterocycles. The van der Waals surface area contributed by atoms with Crippen LogP contribution in [0.4, 0.5) is 14.6 Å². The van der Waals surface area contributed by atoms with Crippen molar-refractivity contribution in [2.75, 3.05) is 5.73 Å². The van der Waals surface area contributed by atoms with E-state index in [2.05, 4.69) is 20.1 Å². The molecule has 0 saturated carbocycles. The molecule has 3 aromatic carbocycles. The minimum Gasteiger partial charge on any atom is -0.505 e. The van der Waals surface area contributed by atoms with Gasteiger partial charge in [-0.25, -0.2) is 28.4 Å². The molecule has 0 spiro atoms. The van der Waals surface area contributed by atoms with E-state index in [1.54, 1.807) is 36.4 Å². The zero-order valence-corrected chi connectivity index (χ0v) is 19.0. The average molecular weight is 497 g/mol. The molecule has 0 aliphatic carbocycles. The number of aromatic nitrogens is 6. The van der Waals surface area contributed by atoms with Crippen LogP contribution in [0.25, 0.3) is 38.9 Å². The van der Waals surface area contributed by atoms with Gasteiger partial charge in [-0.2, -0.15) is 5.10 Å². The maximum atomic E-state index is 14.7. The quantitative estimate of drug-likeness (QED) is 0.380. The number of phenols is 1. The first-order valence-corrected chi connectivity index (χ1v) is 11.1. The number of nitrogen functional groups attached to an aromatic ring is 1. The second-order valence-corrected chi connectivity index (χ2v) is 8.27. The number of para-hydroxylation sites is 1. The summed E-state index contributed by atoms with van der Waals surface area (Å²) in [7, 11) is 0. The first kappa shape index (κ1) is 22.3. The lowest BCUT2D eigenvalue weighted by Crippen LogP contribution is -2.26. The summed E-state index contributed by atoms with van der Waals surface area (Å²) in [5.41, 5.74) is 7.21. The van der Waals surface area contributed by atoms with Gasteiger partial charge in [0.05, 0.1) is 16.6 Å². The van der Waals surface area contributed by atoms with Crippen molar-refractivity contribution >= 4 is 27.8 Å². The van der Waals surface area contributed by atoms with Crippen molar-refractivity contribution in [3.63, 3.8) is 0 Å². The average Bonchev–Trinajstić information content (AvgIpc) is 3.26. The molecule has 3 heterocycles. The highest BCUT2D eigenvalue weighted by Crippen LogP contribution is 2.32. The van der Waals surface area contributed by atoms with Gasteiger partial charge in [-0.05, 0) is 42.5 Å². The van der Waals surface area contributed by atoms with Crippen LogP contribution in [0, 0.1) is 11.6 Å². The second kappa shape index (κ2) is 8.48. The van der Waals surface area contributed by atoms with Crippen molar-refractivity contribution in [2.45, 2.75) is 6.54 Å². The number of rotatable bonds is 4. The maximum Gasteiger partial charge on any atom is 0.269 e. The van der Waals surface area contributed by atoms with Gasteiger partial charge in [0.25, 0.3) is 5.56 Å². The zero-order chi connectivity index (χ0) is 25.7. The van der Waals surface area contributed by atoms with E-state index in [-0.39, 0.29) is 34.8 Å². The van der Waals surface area contributed by atoms with Crippen molar-refractivity contribution in [3.8, 4) is 22.7 Å². The lowest BCUT2D eigenvalue weighted by molar-refractivity contribution is 0.432. The fraction of sp³-hybridized carbons (Fsp3) is 0.0385. The van der Waals surface area contributed by atoms with Crippen LogP contribution in [-0.4, -0.2) is 34.4 Å². The largest absolute Gasteiger partial charge is 0.505 e. The van der Waals surface area contributed by atoms with Gasteiger partial charge in [-0.1, -0.05) is 24.3 Å². The summed E-state index contributed by atoms with van der Waals surface area (Å²) in [5, 5.41) is 14.5. The number of halogens is 2. The Kier molecular flexibility index (Phi) is 5.11. The van der Waals surface area contributed by atoms with Gasteiger partial charge in [0.15, 0.2) is 17.2 Å². The summed E-state index contributed by atoms with van der Waals surface area (Å²) < 4.78 is 31.6. The molecule has 0 bridgehead atoms. The first-order valence-electron chi connectivity index (χ1n) is 11.1. The number of fused-ring (bicyclic) bond motifs is 2. The highest BCUT2D eigenvalue weighted by molar-refractivity contribution is 5.98. The maximum absolute atomic E-state index is 14.7. The number of hydrogen-bond acceptors (Lipinski definition) is 7. The molecule has 37 heavy (non-hydrogen) atoms. The first-order chi connectivity index (χ1) is 17.9. The van der Waals surface area contributed by atoms with Crippen LogP contribution < -0.4 is 11.3 Å². The smallest absolute Gasteiger partial charge is 0.269 e. The topological polar surface area (TPSA) is 125 Å². The normalized spacial score (nSPS) is 11.4. The van der Waals surface area contributed by atoms with Gasteiger partial charge in [0.2, 0.25) is 0 Å². The third-order valence-electron chi connectivity index (χ3n) is 6.00. The van der Waals surface area contributed by atoms with Gasteiger partial charge in [0.1, 0.15) is 41.4 Å². The molecule has 6 rings (SSSR count). The molecule has 182 valence electrons. The highest BCUT2D eigenvalue weighted by Gasteiger charge is 2.21. The molecule has 0 aliphatic heterocycles. The van der Waals surface area contributed by atoms with Gasteiger partial charge in [-0.3, -0.25) is 9.36 Å². The van der Waals surface area contributed by atoms with Crippen LogP contribution in [0.1, 0.15) is 5.82 Å². The standard InChI is InChI=1S/C26H17F2N7O2/c27-16-7-4-8-18-21(16)26(37)35(15-5-2-1-3-6-15)20(32-18)12-34-25-22(24(29)30-13-31-25)23(33-34)14-9-10-19(36)17(28)11-14/h1-11,13,36H,12H2,(H2,29,30,31). The third kappa shape index (κ3) is 3.64. The molecule has 0 unspecified atom stereocenters. The number of phenolic OH excluding ortho intramolecular Hbond substituents is 1. The molecule has 9 nitrogen and oxygen atoms in total. The lowest BCUT2D eigenvalue weighted by atomic mass is 10.1. The Labute approximate surface area is 207 Å². The Hall–Kier alpha value is -5.19. The number of nitrogens with zero attached hydrogens (tertiary/aromatic N) is 6. The summed E-state index contributed by atoms with van der Waals surface area (Å²) in [4.78, 5) is 26.5. The van der Waals surface area contributed by atoms with Crippen LogP contribution in [0.15, 0.2) is 77.9 Å². The molecule has 0 fully saturated rings. The monoisotopic (exact) mass is 497 g/mol. The second-order valence-electron chi connectivity index (χ2n) is 8.27. The minimum absolute atomic E-state index is 0.0515. The molecule has 0 aliphatic rings. The van der Waals surface area contributed by atoms with E-state index in [1.165, 1.54) is 39.8 Å². The fourth-order valence-electron chi connectivity index (χ4n) is 4.32. The molecule has 0 radical (unpaired) electrons. The van der Waals surface area contributed by atoms with Gasteiger partial charge in [-0.15, -0.1) is 0 Å². The van der Waals surface area contributed by atoms with E-state index in [1.807, 2.05) is 0 Å². The van der Waals surface area contributed by atoms with Gasteiger partial charge < -0.3 is 10.8 Å². The predicted octanol–water partition coefficient (Wildman–Crippen LogP) is 3.81. The predicted molar refractivity (Wildman–Crippen MR) is 133 cm³/mol. The van der Waals surface area contributed by atoms with E-state index in [0.29, 0.717) is 22.3 Å². The van der Waals surface area contributed by atoms with Crippen molar-refractivity contribution in [3.05, 3.63) is 101 Å². The van der Waals surface area contributed by atoms with E-state index in [0.717, 1.165) is 6.07 Å². The number of anilines is 1. The Balaban J connectivity index is 1.61. The van der Waals surface area contributed by atoms with Crippen LogP contribution in [0.3, 0.4) is 0 Å². The van der Waals surface area contributed by atoms with Crippen LogP contribution in [0.5, 0.6) is 5.75 Å². The number of hydrogen-bond donors (Lipinski definition) is 2. The lowest BCUT2D eigenvalue weighted by Gasteiger charge is -2.14. The van der Waals surface area contributed by atoms with Crippen molar-refractivity contribution in [2.24, 2.45) is 0 Å². The summed E-state index contributed by atoms with van der Waals surface area (Å²) in [5.74, 6) is -1.62. The highest BCUT2D eigenvalue weighted by atomic mass is 19.1. The Morgan fingerprint density at radius 3 is 2.51 bits per heavy atom. The van der Waals surface area contributed by atoms with Gasteiger partial charge in [0, 0.05) is 5.56 Å². The van der Waals surface area contributed by atoms with E-state index in [4.69, 9.17) is 5.73 Å². The van der Waals surface area contributed by atoms with Crippen LogP contribution in [-0.2, 0) is 6.54 Å². The van der Waals surface area contributed by atoms with E-state index >= 15 is 0 Å². The van der Waals surface area contributed by atoms with E-state index < -0.39 is 22.9 Å². The molecule has 11 heteroatoms. The molecule has 3 aromatic heterocycles. The Bertz CT molecular complexity index is 1880. The van der Waals surface area contributed by atoms with Crippen molar-refractivity contribution in [1.82, 2.24) is 29.3 Å². The van der Waals surface area contributed by atoms with Crippen molar-refractivity contribution < 1.29 is 13.9 Å². The number of benzene rings is 3. The summed E-state index contributed by atoms with van der Waals surface area (Å²) in [6.07, 6.45) is 1.27. The SMILES string of the molecule is Nc1ncnc2c1c(-c1ccc(O)c(F)c1)nn2Cc1nc2cccc(F)c2c(=O)n1-c1ccccc1. The molecular weight excluding hydrogens is 480 g/mol. The Morgan fingerprint density at radius 2 is 1.73 bits per heavy atom. The number of aromatic hydroxyl groups is 1. The minimum atomic E-state index is -0.827. The molecule has 0 amide bonds. The number of nitrogens with two attached hydrogens (primary N) is 1. The van der Waals surface area contributed by atoms with Crippen molar-refractivity contribution in [1.29, 1.82) is 0 Å². The van der Waals surface area contributed by atoms with Crippen LogP contribution >= 0.6 is 0 Å². The van der Waals surface area contributed by atoms with Gasteiger partial charge >= 0.3 is 0 Å². The molecular formula is C26H17F2N7O2. The fourth-order valence-corrected chi connectivity index (χ4v) is 4.32. The summed E-state index contributed by atoms with van der Waals surface area (Å²) >= 11 is 0. The van der Waals surface area contributed by atoms with Crippen LogP contribution in [0.2, 0.25) is 0 Å². The summed E-state index contributed by atoms with van der Waals surface area (Å²) in [6.45, 7) is -0.0515. The molecule has 6 aromatic rings. The Morgan fingerprint density at radius 1 is 0.919 bits per heavy atom. The molecule has 3 N–H and O–H groups in total. The third-order valence-corrected chi connectivity index (χ3v) is 6.00.